The lowest BCUT2D eigenvalue weighted by molar-refractivity contribution is -0.143. The molecule has 3 N–H and O–H groups in total. The molecule has 3 amide bonds. The van der Waals surface area contributed by atoms with Gasteiger partial charge >= 0.3 is 5.97 Å². The van der Waals surface area contributed by atoms with Gasteiger partial charge in [0.15, 0.2) is 0 Å². The number of likely N-dealkylation sites (tertiary alicyclic amines) is 1. The fourth-order valence-electron chi connectivity index (χ4n) is 1.74. The van der Waals surface area contributed by atoms with Gasteiger partial charge in [-0.15, -0.1) is 0 Å². The van der Waals surface area contributed by atoms with Gasteiger partial charge in [0.2, 0.25) is 17.7 Å². The number of imide groups is 1. The number of aliphatic carboxylic acids is 1. The maximum absolute atomic E-state index is 11.5. The van der Waals surface area contributed by atoms with E-state index >= 15 is 0 Å². The molecular weight excluding hydrogens is 256 g/mol. The highest BCUT2D eigenvalue weighted by Gasteiger charge is 2.29. The summed E-state index contributed by atoms with van der Waals surface area (Å²) in [6.07, 6.45) is 0.0702. The van der Waals surface area contributed by atoms with E-state index in [9.17, 15) is 19.2 Å². The first-order valence-corrected chi connectivity index (χ1v) is 5.92. The smallest absolute Gasteiger partial charge is 0.326 e. The first kappa shape index (κ1) is 15.1. The molecule has 1 aliphatic rings. The Kier molecular flexibility index (Phi) is 5.43. The van der Waals surface area contributed by atoms with Crippen molar-refractivity contribution in [3.8, 4) is 0 Å². The van der Waals surface area contributed by atoms with Crippen LogP contribution in [-0.4, -0.2) is 58.0 Å². The van der Waals surface area contributed by atoms with Crippen molar-refractivity contribution < 1.29 is 29.4 Å². The Hall–Kier alpha value is -1.96. The number of aliphatic hydroxyl groups is 1. The summed E-state index contributed by atoms with van der Waals surface area (Å²) in [7, 11) is 0. The number of carboxylic acid groups (broad SMARTS) is 1. The van der Waals surface area contributed by atoms with E-state index in [0.717, 1.165) is 4.90 Å². The molecule has 1 atom stereocenters. The lowest BCUT2D eigenvalue weighted by Gasteiger charge is -2.16. The molecule has 0 aromatic carbocycles. The Bertz CT molecular complexity index is 379. The number of aliphatic hydroxyl groups excluding tert-OH is 1. The minimum Gasteiger partial charge on any atom is -0.480 e. The maximum atomic E-state index is 11.5. The van der Waals surface area contributed by atoms with Crippen LogP contribution in [0, 0.1) is 0 Å². The van der Waals surface area contributed by atoms with Gasteiger partial charge in [0, 0.05) is 38.8 Å². The van der Waals surface area contributed by atoms with E-state index in [1.807, 2.05) is 0 Å². The molecule has 8 nitrogen and oxygen atoms in total. The summed E-state index contributed by atoms with van der Waals surface area (Å²) in [4.78, 5) is 45.8. The second-order valence-electron chi connectivity index (χ2n) is 4.16. The molecule has 1 heterocycles. The third kappa shape index (κ3) is 4.32. The molecule has 1 saturated heterocycles. The zero-order valence-electron chi connectivity index (χ0n) is 10.3. The lowest BCUT2D eigenvalue weighted by atomic mass is 10.2. The van der Waals surface area contributed by atoms with Gasteiger partial charge < -0.3 is 15.5 Å². The molecule has 0 bridgehead atoms. The van der Waals surface area contributed by atoms with E-state index < -0.39 is 17.9 Å². The molecule has 0 radical (unpaired) electrons. The van der Waals surface area contributed by atoms with Gasteiger partial charge in [-0.25, -0.2) is 4.79 Å². The molecular formula is C11H16N2O6. The standard InChI is InChI=1S/C11H16N2O6/c14-6-4-7(11(18)19)12-8(15)3-5-13-9(16)1-2-10(13)17/h7,14H,1-6H2,(H,12,15)(H,18,19)/t7-/m0/s1. The van der Waals surface area contributed by atoms with Crippen molar-refractivity contribution in [3.63, 3.8) is 0 Å². The monoisotopic (exact) mass is 272 g/mol. The summed E-state index contributed by atoms with van der Waals surface area (Å²) in [6, 6.07) is -1.16. The Morgan fingerprint density at radius 3 is 2.32 bits per heavy atom. The average molecular weight is 272 g/mol. The number of nitrogens with zero attached hydrogens (tertiary/aromatic N) is 1. The Morgan fingerprint density at radius 2 is 1.84 bits per heavy atom. The maximum Gasteiger partial charge on any atom is 0.326 e. The van der Waals surface area contributed by atoms with Gasteiger partial charge in [0.1, 0.15) is 6.04 Å². The lowest BCUT2D eigenvalue weighted by Crippen LogP contribution is -2.43. The normalized spacial score (nSPS) is 16.6. The fraction of sp³-hybridized carbons (Fsp3) is 0.636. The predicted octanol–water partition coefficient (Wildman–Crippen LogP) is -1.52. The number of amides is 3. The number of carbonyl (C=O) groups is 4. The van der Waals surface area contributed by atoms with Gasteiger partial charge in [-0.1, -0.05) is 0 Å². The zero-order chi connectivity index (χ0) is 14.4. The SMILES string of the molecule is O=C(CCN1C(=O)CCC1=O)N[C@@H](CCO)C(=O)O. The minimum absolute atomic E-state index is 0.0467. The van der Waals surface area contributed by atoms with Crippen LogP contribution in [0.15, 0.2) is 0 Å². The highest BCUT2D eigenvalue weighted by molar-refractivity contribution is 6.02. The van der Waals surface area contributed by atoms with Crippen molar-refractivity contribution in [1.29, 1.82) is 0 Å². The second-order valence-corrected chi connectivity index (χ2v) is 4.16. The van der Waals surface area contributed by atoms with E-state index in [1.165, 1.54) is 0 Å². The summed E-state index contributed by atoms with van der Waals surface area (Å²) in [6.45, 7) is -0.407. The molecule has 19 heavy (non-hydrogen) atoms. The number of carboxylic acids is 1. The fourth-order valence-corrected chi connectivity index (χ4v) is 1.74. The molecule has 0 aromatic heterocycles. The zero-order valence-corrected chi connectivity index (χ0v) is 10.3. The predicted molar refractivity (Wildman–Crippen MR) is 61.8 cm³/mol. The first-order valence-electron chi connectivity index (χ1n) is 5.92. The van der Waals surface area contributed by atoms with E-state index in [1.54, 1.807) is 0 Å². The van der Waals surface area contributed by atoms with Crippen LogP contribution >= 0.6 is 0 Å². The molecule has 0 unspecified atom stereocenters. The first-order chi connectivity index (χ1) is 8.95. The van der Waals surface area contributed by atoms with Gasteiger partial charge in [0.05, 0.1) is 0 Å². The van der Waals surface area contributed by atoms with Crippen LogP contribution in [0.4, 0.5) is 0 Å². The topological polar surface area (TPSA) is 124 Å². The largest absolute Gasteiger partial charge is 0.480 e. The third-order valence-electron chi connectivity index (χ3n) is 2.77. The molecule has 0 aromatic rings. The second kappa shape index (κ2) is 6.83. The number of nitrogens with one attached hydrogen (secondary N) is 1. The Balaban J connectivity index is 2.40. The van der Waals surface area contributed by atoms with Crippen molar-refractivity contribution in [1.82, 2.24) is 10.2 Å². The van der Waals surface area contributed by atoms with Gasteiger partial charge in [0.25, 0.3) is 0 Å². The van der Waals surface area contributed by atoms with Crippen molar-refractivity contribution >= 4 is 23.7 Å². The third-order valence-corrected chi connectivity index (χ3v) is 2.77. The van der Waals surface area contributed by atoms with E-state index in [-0.39, 0.29) is 50.6 Å². The summed E-state index contributed by atoms with van der Waals surface area (Å²) in [5.41, 5.74) is 0. The van der Waals surface area contributed by atoms with Gasteiger partial charge in [-0.05, 0) is 0 Å². The van der Waals surface area contributed by atoms with E-state index in [2.05, 4.69) is 5.32 Å². The van der Waals surface area contributed by atoms with Crippen LogP contribution in [-0.2, 0) is 19.2 Å². The highest BCUT2D eigenvalue weighted by Crippen LogP contribution is 2.11. The quantitative estimate of drug-likeness (QED) is 0.483. The van der Waals surface area contributed by atoms with E-state index in [0.29, 0.717) is 0 Å². The van der Waals surface area contributed by atoms with Crippen LogP contribution in [0.2, 0.25) is 0 Å². The number of hydrogen-bond acceptors (Lipinski definition) is 5. The Morgan fingerprint density at radius 1 is 1.26 bits per heavy atom. The van der Waals surface area contributed by atoms with Crippen LogP contribution in [0.1, 0.15) is 25.7 Å². The molecule has 1 aliphatic heterocycles. The minimum atomic E-state index is -1.24. The van der Waals surface area contributed by atoms with Gasteiger partial charge in [-0.3, -0.25) is 19.3 Å². The molecule has 0 saturated carbocycles. The van der Waals surface area contributed by atoms with Gasteiger partial charge in [-0.2, -0.15) is 0 Å². The highest BCUT2D eigenvalue weighted by atomic mass is 16.4. The van der Waals surface area contributed by atoms with Crippen molar-refractivity contribution in [2.75, 3.05) is 13.2 Å². The van der Waals surface area contributed by atoms with Crippen LogP contribution in [0.25, 0.3) is 0 Å². The summed E-state index contributed by atoms with van der Waals surface area (Å²) in [5, 5.41) is 19.7. The van der Waals surface area contributed by atoms with Crippen molar-refractivity contribution in [2.24, 2.45) is 0 Å². The number of hydrogen-bond donors (Lipinski definition) is 3. The summed E-state index contributed by atoms with van der Waals surface area (Å²) in [5.74, 6) is -2.45. The van der Waals surface area contributed by atoms with Crippen LogP contribution < -0.4 is 5.32 Å². The number of rotatable bonds is 7. The molecule has 8 heteroatoms. The van der Waals surface area contributed by atoms with Crippen molar-refractivity contribution in [2.45, 2.75) is 31.7 Å². The number of carbonyl (C=O) groups excluding carboxylic acids is 3. The molecule has 1 fully saturated rings. The van der Waals surface area contributed by atoms with E-state index in [4.69, 9.17) is 10.2 Å². The summed E-state index contributed by atoms with van der Waals surface area (Å²) < 4.78 is 0. The molecule has 1 rings (SSSR count). The average Bonchev–Trinajstić information content (AvgIpc) is 2.66. The molecule has 106 valence electrons. The van der Waals surface area contributed by atoms with Crippen LogP contribution in [0.5, 0.6) is 0 Å². The molecule has 0 spiro atoms. The Labute approximate surface area is 109 Å². The van der Waals surface area contributed by atoms with Crippen molar-refractivity contribution in [3.05, 3.63) is 0 Å². The summed E-state index contributed by atoms with van der Waals surface area (Å²) >= 11 is 0. The van der Waals surface area contributed by atoms with Crippen LogP contribution in [0.3, 0.4) is 0 Å². The molecule has 0 aliphatic carbocycles.